The number of aromatic nitrogens is 1. The van der Waals surface area contributed by atoms with Crippen molar-refractivity contribution in [3.8, 4) is 17.4 Å². The maximum absolute atomic E-state index is 13.8. The van der Waals surface area contributed by atoms with E-state index in [0.717, 1.165) is 25.9 Å². The summed E-state index contributed by atoms with van der Waals surface area (Å²) in [4.78, 5) is 4.18. The molecule has 4 nitrogen and oxygen atoms in total. The number of ether oxygens (including phenoxy) is 2. The normalized spacial score (nSPS) is 17.4. The number of rotatable bonds is 5. The fourth-order valence-corrected chi connectivity index (χ4v) is 2.66. The molecule has 1 N–H and O–H groups in total. The first-order valence-corrected chi connectivity index (χ1v) is 8.16. The molecule has 0 spiro atoms. The highest BCUT2D eigenvalue weighted by atomic mass is 19.2. The topological polar surface area (TPSA) is 43.4 Å². The smallest absolute Gasteiger partial charge is 0.262 e. The minimum atomic E-state index is -1.27. The molecule has 1 aromatic carbocycles. The number of benzene rings is 1. The van der Waals surface area contributed by atoms with Gasteiger partial charge in [-0.2, -0.15) is 0 Å². The van der Waals surface area contributed by atoms with E-state index < -0.39 is 23.2 Å². The summed E-state index contributed by atoms with van der Waals surface area (Å²) in [7, 11) is 0. The maximum atomic E-state index is 13.8. The Morgan fingerprint density at radius 1 is 1.12 bits per heavy atom. The summed E-state index contributed by atoms with van der Waals surface area (Å²) in [6, 6.07) is 4.51. The number of pyridine rings is 1. The molecular formula is C18H19F3N2O2. The first-order chi connectivity index (χ1) is 12.0. The van der Waals surface area contributed by atoms with Crippen molar-refractivity contribution in [2.75, 3.05) is 19.7 Å². The molecule has 25 heavy (non-hydrogen) atoms. The SMILES string of the molecule is Cc1ccc(OC[C@H]2CCCNC2)c(Oc2cc(F)c(F)cc2F)n1. The Bertz CT molecular complexity index is 749. The number of nitrogens with zero attached hydrogens (tertiary/aromatic N) is 1. The van der Waals surface area contributed by atoms with Crippen LogP contribution in [0.3, 0.4) is 0 Å². The molecule has 1 atom stereocenters. The second-order valence-electron chi connectivity index (χ2n) is 6.08. The number of hydrogen-bond acceptors (Lipinski definition) is 4. The average molecular weight is 352 g/mol. The number of halogens is 3. The molecule has 0 radical (unpaired) electrons. The third kappa shape index (κ3) is 4.42. The van der Waals surface area contributed by atoms with Crippen molar-refractivity contribution in [3.05, 3.63) is 47.4 Å². The van der Waals surface area contributed by atoms with E-state index in [-0.39, 0.29) is 5.88 Å². The summed E-state index contributed by atoms with van der Waals surface area (Å²) in [6.07, 6.45) is 2.14. The van der Waals surface area contributed by atoms with Gasteiger partial charge in [-0.15, -0.1) is 0 Å². The maximum Gasteiger partial charge on any atom is 0.262 e. The van der Waals surface area contributed by atoms with Crippen molar-refractivity contribution in [3.63, 3.8) is 0 Å². The highest BCUT2D eigenvalue weighted by molar-refractivity contribution is 5.39. The quantitative estimate of drug-likeness (QED) is 0.827. The van der Waals surface area contributed by atoms with Crippen LogP contribution in [0.15, 0.2) is 24.3 Å². The molecule has 1 aliphatic rings. The summed E-state index contributed by atoms with van der Waals surface area (Å²) >= 11 is 0. The van der Waals surface area contributed by atoms with Gasteiger partial charge in [0.1, 0.15) is 0 Å². The average Bonchev–Trinajstić information content (AvgIpc) is 2.60. The molecule has 1 aromatic heterocycles. The molecule has 1 fully saturated rings. The van der Waals surface area contributed by atoms with Crippen molar-refractivity contribution in [1.29, 1.82) is 0 Å². The fraction of sp³-hybridized carbons (Fsp3) is 0.389. The van der Waals surface area contributed by atoms with Gasteiger partial charge in [0.05, 0.1) is 6.61 Å². The minimum Gasteiger partial charge on any atom is -0.488 e. The van der Waals surface area contributed by atoms with Gasteiger partial charge < -0.3 is 14.8 Å². The molecule has 3 rings (SSSR count). The predicted molar refractivity (Wildman–Crippen MR) is 86.5 cm³/mol. The highest BCUT2D eigenvalue weighted by Gasteiger charge is 2.18. The molecule has 0 saturated carbocycles. The Kier molecular flexibility index (Phi) is 5.43. The number of aryl methyl sites for hydroxylation is 1. The molecule has 134 valence electrons. The standard InChI is InChI=1S/C18H19F3N2O2/c1-11-4-5-16(24-10-12-3-2-6-22-9-12)18(23-11)25-17-8-14(20)13(19)7-15(17)21/h4-5,7-8,12,22H,2-3,6,9-10H2,1H3/t12-/m0/s1. The van der Waals surface area contributed by atoms with E-state index in [1.54, 1.807) is 19.1 Å². The fourth-order valence-electron chi connectivity index (χ4n) is 2.66. The lowest BCUT2D eigenvalue weighted by Crippen LogP contribution is -2.33. The monoisotopic (exact) mass is 352 g/mol. The van der Waals surface area contributed by atoms with Crippen molar-refractivity contribution in [1.82, 2.24) is 10.3 Å². The largest absolute Gasteiger partial charge is 0.488 e. The summed E-state index contributed by atoms with van der Waals surface area (Å²) in [5.41, 5.74) is 0.629. The predicted octanol–water partition coefficient (Wildman–Crippen LogP) is 3.98. The van der Waals surface area contributed by atoms with Crippen molar-refractivity contribution >= 4 is 0 Å². The lowest BCUT2D eigenvalue weighted by Gasteiger charge is -2.23. The lowest BCUT2D eigenvalue weighted by atomic mass is 10.0. The molecule has 2 heterocycles. The van der Waals surface area contributed by atoms with Crippen LogP contribution in [0, 0.1) is 30.3 Å². The molecule has 0 aliphatic carbocycles. The second-order valence-corrected chi connectivity index (χ2v) is 6.08. The van der Waals surface area contributed by atoms with E-state index in [1.807, 2.05) is 0 Å². The molecular weight excluding hydrogens is 333 g/mol. The van der Waals surface area contributed by atoms with E-state index in [2.05, 4.69) is 10.3 Å². The third-order valence-electron chi connectivity index (χ3n) is 4.02. The Morgan fingerprint density at radius 2 is 1.92 bits per heavy atom. The van der Waals surface area contributed by atoms with E-state index >= 15 is 0 Å². The lowest BCUT2D eigenvalue weighted by molar-refractivity contribution is 0.211. The van der Waals surface area contributed by atoms with Gasteiger partial charge in [0.25, 0.3) is 5.88 Å². The Morgan fingerprint density at radius 3 is 2.68 bits per heavy atom. The Balaban J connectivity index is 1.78. The summed E-state index contributed by atoms with van der Waals surface area (Å²) in [5, 5.41) is 3.30. The molecule has 0 unspecified atom stereocenters. The van der Waals surface area contributed by atoms with Gasteiger partial charge in [-0.25, -0.2) is 18.2 Å². The molecule has 0 amide bonds. The third-order valence-corrected chi connectivity index (χ3v) is 4.02. The first-order valence-electron chi connectivity index (χ1n) is 8.16. The zero-order chi connectivity index (χ0) is 17.8. The highest BCUT2D eigenvalue weighted by Crippen LogP contribution is 2.32. The van der Waals surface area contributed by atoms with Gasteiger partial charge >= 0.3 is 0 Å². The molecule has 7 heteroatoms. The van der Waals surface area contributed by atoms with E-state index in [0.29, 0.717) is 36.1 Å². The molecule has 0 bridgehead atoms. The van der Waals surface area contributed by atoms with E-state index in [4.69, 9.17) is 9.47 Å². The van der Waals surface area contributed by atoms with Gasteiger partial charge in [0, 0.05) is 30.3 Å². The van der Waals surface area contributed by atoms with Crippen LogP contribution >= 0.6 is 0 Å². The van der Waals surface area contributed by atoms with Crippen molar-refractivity contribution in [2.24, 2.45) is 5.92 Å². The van der Waals surface area contributed by atoms with Gasteiger partial charge in [-0.3, -0.25) is 0 Å². The van der Waals surface area contributed by atoms with Crippen LogP contribution < -0.4 is 14.8 Å². The number of hydrogen-bond donors (Lipinski definition) is 1. The van der Waals surface area contributed by atoms with Gasteiger partial charge in [-0.05, 0) is 38.4 Å². The number of piperidine rings is 1. The zero-order valence-electron chi connectivity index (χ0n) is 13.8. The zero-order valence-corrected chi connectivity index (χ0v) is 13.8. The van der Waals surface area contributed by atoms with Crippen molar-refractivity contribution < 1.29 is 22.6 Å². The molecule has 1 saturated heterocycles. The van der Waals surface area contributed by atoms with Crippen LogP contribution in [0.25, 0.3) is 0 Å². The van der Waals surface area contributed by atoms with E-state index in [9.17, 15) is 13.2 Å². The minimum absolute atomic E-state index is 0.0219. The van der Waals surface area contributed by atoms with Crippen LogP contribution in [-0.4, -0.2) is 24.7 Å². The molecule has 2 aromatic rings. The summed E-state index contributed by atoms with van der Waals surface area (Å²) in [5.74, 6) is -3.20. The summed E-state index contributed by atoms with van der Waals surface area (Å²) in [6.45, 7) is 4.08. The Hall–Kier alpha value is -2.28. The molecule has 1 aliphatic heterocycles. The second kappa shape index (κ2) is 7.74. The van der Waals surface area contributed by atoms with Crippen LogP contribution in [-0.2, 0) is 0 Å². The van der Waals surface area contributed by atoms with Crippen molar-refractivity contribution in [2.45, 2.75) is 19.8 Å². The van der Waals surface area contributed by atoms with Gasteiger partial charge in [0.2, 0.25) is 0 Å². The summed E-state index contributed by atoms with van der Waals surface area (Å²) < 4.78 is 51.4. The van der Waals surface area contributed by atoms with E-state index in [1.165, 1.54) is 0 Å². The van der Waals surface area contributed by atoms with Crippen LogP contribution in [0.2, 0.25) is 0 Å². The van der Waals surface area contributed by atoms with Gasteiger partial charge in [-0.1, -0.05) is 0 Å². The van der Waals surface area contributed by atoms with Crippen LogP contribution in [0.1, 0.15) is 18.5 Å². The van der Waals surface area contributed by atoms with Crippen LogP contribution in [0.4, 0.5) is 13.2 Å². The number of nitrogens with one attached hydrogen (secondary N) is 1. The van der Waals surface area contributed by atoms with Crippen LogP contribution in [0.5, 0.6) is 17.4 Å². The Labute approximate surface area is 144 Å². The first kappa shape index (κ1) is 17.5. The van der Waals surface area contributed by atoms with Gasteiger partial charge in [0.15, 0.2) is 29.0 Å².